The van der Waals surface area contributed by atoms with Crippen LogP contribution in [0.1, 0.15) is 30.7 Å². The lowest BCUT2D eigenvalue weighted by Gasteiger charge is -2.24. The average molecular weight is 364 g/mol. The summed E-state index contributed by atoms with van der Waals surface area (Å²) >= 11 is 1.62. The number of hydrogen-bond donors (Lipinski definition) is 0. The minimum atomic E-state index is -0.201. The summed E-state index contributed by atoms with van der Waals surface area (Å²) < 4.78 is 16.3. The fraction of sp³-hybridized carbons (Fsp3) is 0.556. The molecule has 0 saturated carbocycles. The van der Waals surface area contributed by atoms with E-state index >= 15 is 0 Å². The van der Waals surface area contributed by atoms with Gasteiger partial charge >= 0.3 is 5.97 Å². The van der Waals surface area contributed by atoms with Gasteiger partial charge in [-0.05, 0) is 31.2 Å². The summed E-state index contributed by atoms with van der Waals surface area (Å²) in [6.07, 6.45) is 2.74. The Morgan fingerprint density at radius 1 is 1.52 bits per heavy atom. The van der Waals surface area contributed by atoms with Crippen LogP contribution in [0, 0.1) is 6.92 Å². The van der Waals surface area contributed by atoms with E-state index in [0.29, 0.717) is 25.4 Å². The van der Waals surface area contributed by atoms with Gasteiger partial charge in [-0.25, -0.2) is 4.98 Å². The Bertz CT molecular complexity index is 677. The number of methoxy groups -OCH3 is 1. The van der Waals surface area contributed by atoms with Crippen molar-refractivity contribution in [1.82, 2.24) is 9.88 Å². The molecule has 3 rings (SSSR count). The molecule has 7 heteroatoms. The molecule has 1 atom stereocenters. The second kappa shape index (κ2) is 8.60. The molecule has 25 heavy (non-hydrogen) atoms. The van der Waals surface area contributed by atoms with Crippen molar-refractivity contribution in [3.8, 4) is 11.5 Å². The maximum Gasteiger partial charge on any atom is 0.306 e. The van der Waals surface area contributed by atoms with Gasteiger partial charge in [0.05, 0.1) is 25.3 Å². The van der Waals surface area contributed by atoms with Crippen LogP contribution >= 0.6 is 11.3 Å². The summed E-state index contributed by atoms with van der Waals surface area (Å²) in [5.74, 6) is 1.27. The van der Waals surface area contributed by atoms with Crippen molar-refractivity contribution in [2.75, 3.05) is 26.8 Å². The molecule has 0 bridgehead atoms. The SMILES string of the molecule is COC(=O)CCN(Cc1nc(-c2ccsc2)oc1C)CC1CCCO1. The van der Waals surface area contributed by atoms with Crippen LogP contribution in [0.15, 0.2) is 21.2 Å². The molecule has 136 valence electrons. The minimum absolute atomic E-state index is 0.201. The van der Waals surface area contributed by atoms with Gasteiger partial charge in [0.2, 0.25) is 5.89 Å². The Hall–Kier alpha value is -1.70. The molecule has 6 nitrogen and oxygen atoms in total. The van der Waals surface area contributed by atoms with E-state index in [1.807, 2.05) is 23.8 Å². The molecule has 2 aromatic heterocycles. The number of carbonyl (C=O) groups excluding carboxylic acids is 1. The van der Waals surface area contributed by atoms with Gasteiger partial charge in [-0.3, -0.25) is 9.69 Å². The molecule has 1 fully saturated rings. The lowest BCUT2D eigenvalue weighted by atomic mass is 10.2. The van der Waals surface area contributed by atoms with E-state index in [-0.39, 0.29) is 12.1 Å². The highest BCUT2D eigenvalue weighted by atomic mass is 32.1. The molecule has 1 aliphatic heterocycles. The number of esters is 1. The van der Waals surface area contributed by atoms with Crippen LogP contribution in [0.3, 0.4) is 0 Å². The highest BCUT2D eigenvalue weighted by molar-refractivity contribution is 7.08. The van der Waals surface area contributed by atoms with Crippen molar-refractivity contribution < 1.29 is 18.7 Å². The van der Waals surface area contributed by atoms with Gasteiger partial charge in [0.25, 0.3) is 0 Å². The van der Waals surface area contributed by atoms with Crippen molar-refractivity contribution in [3.05, 3.63) is 28.3 Å². The first-order chi connectivity index (χ1) is 12.2. The highest BCUT2D eigenvalue weighted by Crippen LogP contribution is 2.25. The second-order valence-corrected chi connectivity index (χ2v) is 7.01. The zero-order chi connectivity index (χ0) is 17.6. The van der Waals surface area contributed by atoms with Gasteiger partial charge < -0.3 is 13.9 Å². The van der Waals surface area contributed by atoms with Crippen LogP contribution in [-0.4, -0.2) is 48.8 Å². The minimum Gasteiger partial charge on any atom is -0.469 e. The second-order valence-electron chi connectivity index (χ2n) is 6.23. The summed E-state index contributed by atoms with van der Waals surface area (Å²) in [5, 5.41) is 4.03. The summed E-state index contributed by atoms with van der Waals surface area (Å²) in [6.45, 7) is 4.80. The third kappa shape index (κ3) is 4.90. The predicted octanol–water partition coefficient (Wildman–Crippen LogP) is 3.26. The smallest absolute Gasteiger partial charge is 0.306 e. The fourth-order valence-electron chi connectivity index (χ4n) is 2.96. The number of aromatic nitrogens is 1. The predicted molar refractivity (Wildman–Crippen MR) is 95.4 cm³/mol. The molecule has 1 saturated heterocycles. The van der Waals surface area contributed by atoms with Gasteiger partial charge in [-0.2, -0.15) is 11.3 Å². The number of oxazole rings is 1. The van der Waals surface area contributed by atoms with E-state index in [9.17, 15) is 4.79 Å². The number of ether oxygens (including phenoxy) is 2. The molecule has 1 aliphatic rings. The van der Waals surface area contributed by atoms with E-state index in [2.05, 4.69) is 9.88 Å². The Morgan fingerprint density at radius 3 is 3.08 bits per heavy atom. The molecule has 1 unspecified atom stereocenters. The Kier molecular flexibility index (Phi) is 6.23. The number of aryl methyl sites for hydroxylation is 1. The van der Waals surface area contributed by atoms with Gasteiger partial charge in [-0.15, -0.1) is 0 Å². The molecule has 2 aromatic rings. The first-order valence-corrected chi connectivity index (χ1v) is 9.49. The van der Waals surface area contributed by atoms with E-state index < -0.39 is 0 Å². The number of hydrogen-bond acceptors (Lipinski definition) is 7. The zero-order valence-corrected chi connectivity index (χ0v) is 15.5. The Balaban J connectivity index is 1.68. The summed E-state index contributed by atoms with van der Waals surface area (Å²) in [4.78, 5) is 18.4. The number of nitrogens with zero attached hydrogens (tertiary/aromatic N) is 2. The first kappa shape index (κ1) is 18.1. The lowest BCUT2D eigenvalue weighted by Crippen LogP contribution is -2.34. The van der Waals surface area contributed by atoms with Crippen LogP contribution < -0.4 is 0 Å². The molecule has 0 aliphatic carbocycles. The summed E-state index contributed by atoms with van der Waals surface area (Å²) in [6, 6.07) is 2.00. The van der Waals surface area contributed by atoms with Crippen molar-refractivity contribution in [2.24, 2.45) is 0 Å². The third-order valence-corrected chi connectivity index (χ3v) is 5.06. The van der Waals surface area contributed by atoms with E-state index in [4.69, 9.17) is 13.9 Å². The first-order valence-electron chi connectivity index (χ1n) is 8.55. The molecule has 0 spiro atoms. The molecular weight excluding hydrogens is 340 g/mol. The highest BCUT2D eigenvalue weighted by Gasteiger charge is 2.22. The van der Waals surface area contributed by atoms with Crippen LogP contribution in [0.4, 0.5) is 0 Å². The quantitative estimate of drug-likeness (QED) is 0.670. The zero-order valence-electron chi connectivity index (χ0n) is 14.7. The standard InChI is InChI=1S/C18H24N2O4S/c1-13-16(19-18(24-13)14-6-9-25-12-14)11-20(7-5-17(21)22-2)10-15-4-3-8-23-15/h6,9,12,15H,3-5,7-8,10-11H2,1-2H3. The molecule has 0 N–H and O–H groups in total. The van der Waals surface area contributed by atoms with Crippen LogP contribution in [-0.2, 0) is 20.8 Å². The van der Waals surface area contributed by atoms with Crippen LogP contribution in [0.2, 0.25) is 0 Å². The van der Waals surface area contributed by atoms with Crippen LogP contribution in [0.5, 0.6) is 0 Å². The van der Waals surface area contributed by atoms with Gasteiger partial charge in [0.15, 0.2) is 0 Å². The topological polar surface area (TPSA) is 64.8 Å². The summed E-state index contributed by atoms with van der Waals surface area (Å²) in [5.41, 5.74) is 1.91. The van der Waals surface area contributed by atoms with E-state index in [1.54, 1.807) is 11.3 Å². The molecule has 3 heterocycles. The maximum atomic E-state index is 11.5. The Labute approximate surface area is 151 Å². The van der Waals surface area contributed by atoms with Gasteiger partial charge in [0, 0.05) is 37.2 Å². The van der Waals surface area contributed by atoms with Crippen molar-refractivity contribution >= 4 is 17.3 Å². The van der Waals surface area contributed by atoms with Crippen molar-refractivity contribution in [1.29, 1.82) is 0 Å². The van der Waals surface area contributed by atoms with E-state index in [0.717, 1.165) is 43.0 Å². The molecule has 0 aromatic carbocycles. The third-order valence-electron chi connectivity index (χ3n) is 4.38. The number of carbonyl (C=O) groups is 1. The molecule has 0 amide bonds. The van der Waals surface area contributed by atoms with E-state index in [1.165, 1.54) is 7.11 Å². The average Bonchev–Trinajstić information content (AvgIpc) is 3.35. The number of rotatable bonds is 8. The lowest BCUT2D eigenvalue weighted by molar-refractivity contribution is -0.141. The normalized spacial score (nSPS) is 17.3. The number of thiophene rings is 1. The fourth-order valence-corrected chi connectivity index (χ4v) is 3.59. The summed E-state index contributed by atoms with van der Waals surface area (Å²) in [7, 11) is 1.42. The van der Waals surface area contributed by atoms with Crippen LogP contribution in [0.25, 0.3) is 11.5 Å². The largest absolute Gasteiger partial charge is 0.469 e. The Morgan fingerprint density at radius 2 is 2.40 bits per heavy atom. The van der Waals surface area contributed by atoms with Gasteiger partial charge in [-0.1, -0.05) is 0 Å². The van der Waals surface area contributed by atoms with Crippen molar-refractivity contribution in [3.63, 3.8) is 0 Å². The van der Waals surface area contributed by atoms with Gasteiger partial charge in [0.1, 0.15) is 5.76 Å². The monoisotopic (exact) mass is 364 g/mol. The van der Waals surface area contributed by atoms with Crippen molar-refractivity contribution in [2.45, 2.75) is 38.8 Å². The molecular formula is C18H24N2O4S. The molecule has 0 radical (unpaired) electrons. The maximum absolute atomic E-state index is 11.5.